The summed E-state index contributed by atoms with van der Waals surface area (Å²) in [5, 5.41) is 11.4. The SMILES string of the molecule is Cc1cc(Cl)nc2cc3c(cc12)OC(C)C(O)C3. The first-order valence-electron chi connectivity index (χ1n) is 5.99. The third-order valence-electron chi connectivity index (χ3n) is 3.45. The molecule has 0 bridgehead atoms. The smallest absolute Gasteiger partial charge is 0.130 e. The van der Waals surface area contributed by atoms with Gasteiger partial charge in [0.15, 0.2) is 0 Å². The quantitative estimate of drug-likeness (QED) is 0.743. The summed E-state index contributed by atoms with van der Waals surface area (Å²) in [5.74, 6) is 0.840. The van der Waals surface area contributed by atoms with Gasteiger partial charge in [0.25, 0.3) is 0 Å². The van der Waals surface area contributed by atoms with Gasteiger partial charge < -0.3 is 9.84 Å². The molecule has 0 spiro atoms. The number of nitrogens with zero attached hydrogens (tertiary/aromatic N) is 1. The van der Waals surface area contributed by atoms with E-state index in [4.69, 9.17) is 16.3 Å². The van der Waals surface area contributed by atoms with Crippen LogP contribution in [-0.4, -0.2) is 22.3 Å². The van der Waals surface area contributed by atoms with Gasteiger partial charge in [-0.1, -0.05) is 11.6 Å². The number of ether oxygens (including phenoxy) is 1. The monoisotopic (exact) mass is 263 g/mol. The van der Waals surface area contributed by atoms with Crippen molar-refractivity contribution < 1.29 is 9.84 Å². The molecule has 0 aliphatic carbocycles. The van der Waals surface area contributed by atoms with E-state index in [9.17, 15) is 5.11 Å². The molecule has 94 valence electrons. The highest BCUT2D eigenvalue weighted by molar-refractivity contribution is 6.29. The van der Waals surface area contributed by atoms with Crippen LogP contribution in [0.5, 0.6) is 5.75 Å². The van der Waals surface area contributed by atoms with Crippen LogP contribution in [0.2, 0.25) is 5.15 Å². The van der Waals surface area contributed by atoms with Crippen molar-refractivity contribution in [3.05, 3.63) is 34.5 Å². The van der Waals surface area contributed by atoms with E-state index in [1.807, 2.05) is 32.0 Å². The standard InChI is InChI=1S/C14H14ClNO2/c1-7-3-14(15)16-11-4-9-5-12(17)8(2)18-13(9)6-10(7)11/h3-4,6,8,12,17H,5H2,1-2H3. The molecule has 2 heterocycles. The third kappa shape index (κ3) is 1.84. The minimum absolute atomic E-state index is 0.171. The Morgan fingerprint density at radius 3 is 2.94 bits per heavy atom. The molecule has 4 heteroatoms. The minimum atomic E-state index is -0.463. The van der Waals surface area contributed by atoms with Crippen molar-refractivity contribution >= 4 is 22.5 Å². The summed E-state index contributed by atoms with van der Waals surface area (Å²) >= 11 is 5.97. The van der Waals surface area contributed by atoms with E-state index < -0.39 is 6.10 Å². The topological polar surface area (TPSA) is 42.4 Å². The Hall–Kier alpha value is -1.32. The van der Waals surface area contributed by atoms with Crippen LogP contribution in [0.1, 0.15) is 18.1 Å². The van der Waals surface area contributed by atoms with Gasteiger partial charge in [0.1, 0.15) is 17.0 Å². The van der Waals surface area contributed by atoms with Crippen molar-refractivity contribution in [3.63, 3.8) is 0 Å². The lowest BCUT2D eigenvalue weighted by molar-refractivity contribution is 0.0330. The molecule has 18 heavy (non-hydrogen) atoms. The maximum Gasteiger partial charge on any atom is 0.130 e. The Morgan fingerprint density at radius 1 is 1.39 bits per heavy atom. The van der Waals surface area contributed by atoms with E-state index in [1.54, 1.807) is 0 Å². The zero-order chi connectivity index (χ0) is 12.9. The second-order valence-electron chi connectivity index (χ2n) is 4.83. The molecule has 2 atom stereocenters. The number of halogens is 1. The first-order valence-corrected chi connectivity index (χ1v) is 6.37. The number of fused-ring (bicyclic) bond motifs is 2. The van der Waals surface area contributed by atoms with Crippen molar-refractivity contribution in [2.24, 2.45) is 0 Å². The number of benzene rings is 1. The van der Waals surface area contributed by atoms with E-state index in [-0.39, 0.29) is 6.10 Å². The number of hydrogen-bond donors (Lipinski definition) is 1. The Balaban J connectivity index is 2.22. The number of aliphatic hydroxyl groups is 1. The summed E-state index contributed by atoms with van der Waals surface area (Å²) in [5.41, 5.74) is 2.92. The van der Waals surface area contributed by atoms with Crippen LogP contribution in [0, 0.1) is 6.92 Å². The molecule has 0 saturated heterocycles. The maximum atomic E-state index is 9.83. The Kier molecular flexibility index (Phi) is 2.68. The van der Waals surface area contributed by atoms with Crippen LogP contribution >= 0.6 is 11.6 Å². The van der Waals surface area contributed by atoms with E-state index in [2.05, 4.69) is 4.98 Å². The number of aliphatic hydroxyl groups excluding tert-OH is 1. The van der Waals surface area contributed by atoms with Crippen LogP contribution in [0.15, 0.2) is 18.2 Å². The average Bonchev–Trinajstić information content (AvgIpc) is 2.29. The predicted octanol–water partition coefficient (Wildman–Crippen LogP) is 2.88. The first-order chi connectivity index (χ1) is 8.54. The molecular formula is C14H14ClNO2. The van der Waals surface area contributed by atoms with Gasteiger partial charge in [-0.25, -0.2) is 4.98 Å². The van der Waals surface area contributed by atoms with E-state index in [0.29, 0.717) is 11.6 Å². The molecule has 2 aromatic rings. The maximum absolute atomic E-state index is 9.83. The molecule has 1 aromatic heterocycles. The van der Waals surface area contributed by atoms with E-state index in [0.717, 1.165) is 27.8 Å². The second kappa shape index (κ2) is 4.11. The molecule has 0 saturated carbocycles. The van der Waals surface area contributed by atoms with E-state index in [1.165, 1.54) is 0 Å². The lowest BCUT2D eigenvalue weighted by Gasteiger charge is -2.28. The average molecular weight is 264 g/mol. The lowest BCUT2D eigenvalue weighted by atomic mass is 9.97. The van der Waals surface area contributed by atoms with Gasteiger partial charge in [-0.2, -0.15) is 0 Å². The highest BCUT2D eigenvalue weighted by Crippen LogP contribution is 2.33. The second-order valence-corrected chi connectivity index (χ2v) is 5.22. The molecule has 2 unspecified atom stereocenters. The number of aromatic nitrogens is 1. The van der Waals surface area contributed by atoms with Gasteiger partial charge in [0.05, 0.1) is 11.6 Å². The van der Waals surface area contributed by atoms with Crippen LogP contribution in [0.25, 0.3) is 10.9 Å². The Morgan fingerprint density at radius 2 is 2.17 bits per heavy atom. The fourth-order valence-corrected chi connectivity index (χ4v) is 2.62. The molecule has 1 aromatic carbocycles. The minimum Gasteiger partial charge on any atom is -0.488 e. The molecular weight excluding hydrogens is 250 g/mol. The fourth-order valence-electron chi connectivity index (χ4n) is 2.36. The van der Waals surface area contributed by atoms with Gasteiger partial charge >= 0.3 is 0 Å². The number of pyridine rings is 1. The predicted molar refractivity (Wildman–Crippen MR) is 71.3 cm³/mol. The summed E-state index contributed by atoms with van der Waals surface area (Å²) < 4.78 is 5.73. The Bertz CT molecular complexity index is 627. The molecule has 1 aliphatic rings. The van der Waals surface area contributed by atoms with Crippen LogP contribution in [-0.2, 0) is 6.42 Å². The van der Waals surface area contributed by atoms with Gasteiger partial charge in [0, 0.05) is 11.8 Å². The summed E-state index contributed by atoms with van der Waals surface area (Å²) in [6.45, 7) is 3.88. The third-order valence-corrected chi connectivity index (χ3v) is 3.64. The van der Waals surface area contributed by atoms with Gasteiger partial charge in [0.2, 0.25) is 0 Å². The molecule has 0 radical (unpaired) electrons. The highest BCUT2D eigenvalue weighted by Gasteiger charge is 2.25. The van der Waals surface area contributed by atoms with Crippen molar-refractivity contribution in [2.45, 2.75) is 32.5 Å². The van der Waals surface area contributed by atoms with Crippen LogP contribution in [0.3, 0.4) is 0 Å². The van der Waals surface area contributed by atoms with Gasteiger partial charge in [-0.15, -0.1) is 0 Å². The van der Waals surface area contributed by atoms with Crippen molar-refractivity contribution in [2.75, 3.05) is 0 Å². The van der Waals surface area contributed by atoms with Crippen molar-refractivity contribution in [3.8, 4) is 5.75 Å². The summed E-state index contributed by atoms with van der Waals surface area (Å²) in [6, 6.07) is 5.79. The first kappa shape index (κ1) is 11.8. The normalized spacial score (nSPS) is 22.7. The summed E-state index contributed by atoms with van der Waals surface area (Å²) in [6.07, 6.45) is -0.0367. The van der Waals surface area contributed by atoms with Gasteiger partial charge in [-0.05, 0) is 43.2 Å². The molecule has 1 N–H and O–H groups in total. The van der Waals surface area contributed by atoms with E-state index >= 15 is 0 Å². The Labute approximate surface area is 110 Å². The largest absolute Gasteiger partial charge is 0.488 e. The van der Waals surface area contributed by atoms with Crippen LogP contribution < -0.4 is 4.74 Å². The van der Waals surface area contributed by atoms with Crippen molar-refractivity contribution in [1.29, 1.82) is 0 Å². The number of aryl methyl sites for hydroxylation is 1. The number of hydrogen-bond acceptors (Lipinski definition) is 3. The lowest BCUT2D eigenvalue weighted by Crippen LogP contribution is -2.34. The van der Waals surface area contributed by atoms with Crippen LogP contribution in [0.4, 0.5) is 0 Å². The molecule has 3 rings (SSSR count). The number of rotatable bonds is 0. The van der Waals surface area contributed by atoms with Crippen molar-refractivity contribution in [1.82, 2.24) is 4.98 Å². The molecule has 0 fully saturated rings. The summed E-state index contributed by atoms with van der Waals surface area (Å²) in [7, 11) is 0. The zero-order valence-corrected chi connectivity index (χ0v) is 11.0. The fraction of sp³-hybridized carbons (Fsp3) is 0.357. The highest BCUT2D eigenvalue weighted by atomic mass is 35.5. The molecule has 1 aliphatic heterocycles. The summed E-state index contributed by atoms with van der Waals surface area (Å²) in [4.78, 5) is 4.32. The van der Waals surface area contributed by atoms with Gasteiger partial charge in [-0.3, -0.25) is 0 Å². The molecule has 3 nitrogen and oxygen atoms in total. The molecule has 0 amide bonds. The zero-order valence-electron chi connectivity index (χ0n) is 10.3.